The Balaban J connectivity index is 1.74. The van der Waals surface area contributed by atoms with Crippen LogP contribution in [0, 0.1) is 6.92 Å². The lowest BCUT2D eigenvalue weighted by Crippen LogP contribution is -2.01. The highest BCUT2D eigenvalue weighted by Gasteiger charge is 2.04. The van der Waals surface area contributed by atoms with Crippen LogP contribution in [0.15, 0.2) is 48.0 Å². The van der Waals surface area contributed by atoms with Crippen LogP contribution in [0.1, 0.15) is 10.6 Å². The van der Waals surface area contributed by atoms with E-state index in [1.165, 1.54) is 15.6 Å². The first-order valence-electron chi connectivity index (χ1n) is 6.34. The quantitative estimate of drug-likeness (QED) is 0.707. The Bertz CT molecular complexity index is 685. The summed E-state index contributed by atoms with van der Waals surface area (Å²) in [5, 5.41) is 2.39. The molecule has 0 bridgehead atoms. The molecule has 0 N–H and O–H groups in total. The van der Waals surface area contributed by atoms with Crippen LogP contribution in [-0.4, -0.2) is 11.6 Å². The molecule has 1 heterocycles. The van der Waals surface area contributed by atoms with Gasteiger partial charge in [0.2, 0.25) is 0 Å². The standard InChI is InChI=1S/C16H15NOS/c1-12-16(19-11-17-12)9-10-18-15-8-4-6-13-5-2-3-7-14(13)15/h2-8,11H,9-10H2,1H3. The third-order valence-electron chi connectivity index (χ3n) is 3.18. The van der Waals surface area contributed by atoms with E-state index >= 15 is 0 Å². The molecular weight excluding hydrogens is 254 g/mol. The van der Waals surface area contributed by atoms with Crippen LogP contribution in [0.3, 0.4) is 0 Å². The Morgan fingerprint density at radius 3 is 2.79 bits per heavy atom. The molecule has 0 atom stereocenters. The van der Waals surface area contributed by atoms with Gasteiger partial charge in [-0.25, -0.2) is 4.98 Å². The summed E-state index contributed by atoms with van der Waals surface area (Å²) in [5.41, 5.74) is 3.01. The van der Waals surface area contributed by atoms with Crippen LogP contribution in [0.4, 0.5) is 0 Å². The van der Waals surface area contributed by atoms with Crippen molar-refractivity contribution in [2.24, 2.45) is 0 Å². The predicted molar refractivity (Wildman–Crippen MR) is 80.0 cm³/mol. The van der Waals surface area contributed by atoms with Crippen LogP contribution in [0.2, 0.25) is 0 Å². The van der Waals surface area contributed by atoms with Crippen molar-refractivity contribution in [3.05, 3.63) is 58.5 Å². The van der Waals surface area contributed by atoms with Gasteiger partial charge in [-0.05, 0) is 18.4 Å². The molecule has 0 saturated carbocycles. The Morgan fingerprint density at radius 2 is 1.95 bits per heavy atom. The van der Waals surface area contributed by atoms with E-state index in [-0.39, 0.29) is 0 Å². The number of fused-ring (bicyclic) bond motifs is 1. The summed E-state index contributed by atoms with van der Waals surface area (Å²) >= 11 is 1.70. The molecule has 19 heavy (non-hydrogen) atoms. The maximum Gasteiger partial charge on any atom is 0.127 e. The fraction of sp³-hybridized carbons (Fsp3) is 0.188. The first kappa shape index (κ1) is 12.2. The molecule has 3 aromatic rings. The van der Waals surface area contributed by atoms with Crippen molar-refractivity contribution in [1.29, 1.82) is 0 Å². The molecule has 0 aliphatic carbocycles. The fourth-order valence-electron chi connectivity index (χ4n) is 2.14. The van der Waals surface area contributed by atoms with Gasteiger partial charge in [-0.1, -0.05) is 36.4 Å². The highest BCUT2D eigenvalue weighted by molar-refractivity contribution is 7.09. The van der Waals surface area contributed by atoms with Crippen LogP contribution in [-0.2, 0) is 6.42 Å². The second kappa shape index (κ2) is 5.41. The molecule has 0 unspecified atom stereocenters. The van der Waals surface area contributed by atoms with Gasteiger partial charge in [-0.15, -0.1) is 11.3 Å². The monoisotopic (exact) mass is 269 g/mol. The molecule has 96 valence electrons. The minimum atomic E-state index is 0.692. The smallest absolute Gasteiger partial charge is 0.127 e. The second-order valence-electron chi connectivity index (χ2n) is 4.44. The van der Waals surface area contributed by atoms with Gasteiger partial charge < -0.3 is 4.74 Å². The summed E-state index contributed by atoms with van der Waals surface area (Å²) in [5.74, 6) is 0.959. The molecule has 0 amide bonds. The molecule has 0 saturated heterocycles. The van der Waals surface area contributed by atoms with E-state index < -0.39 is 0 Å². The van der Waals surface area contributed by atoms with Gasteiger partial charge in [0.25, 0.3) is 0 Å². The normalized spacial score (nSPS) is 10.8. The number of hydrogen-bond acceptors (Lipinski definition) is 3. The van der Waals surface area contributed by atoms with Gasteiger partial charge in [-0.2, -0.15) is 0 Å². The molecule has 3 heteroatoms. The van der Waals surface area contributed by atoms with E-state index in [4.69, 9.17) is 4.74 Å². The average Bonchev–Trinajstić information content (AvgIpc) is 2.85. The van der Waals surface area contributed by atoms with Crippen molar-refractivity contribution < 1.29 is 4.74 Å². The molecule has 2 aromatic carbocycles. The fourth-order valence-corrected chi connectivity index (χ4v) is 2.90. The number of aryl methyl sites for hydroxylation is 1. The Hall–Kier alpha value is -1.87. The van der Waals surface area contributed by atoms with Gasteiger partial charge >= 0.3 is 0 Å². The Labute approximate surface area is 116 Å². The summed E-state index contributed by atoms with van der Waals surface area (Å²) in [6.07, 6.45) is 0.916. The molecule has 0 fully saturated rings. The maximum atomic E-state index is 5.93. The van der Waals surface area contributed by atoms with Crippen molar-refractivity contribution in [2.45, 2.75) is 13.3 Å². The van der Waals surface area contributed by atoms with Gasteiger partial charge in [0.15, 0.2) is 0 Å². The van der Waals surface area contributed by atoms with Crippen molar-refractivity contribution >= 4 is 22.1 Å². The van der Waals surface area contributed by atoms with Gasteiger partial charge in [-0.3, -0.25) is 0 Å². The van der Waals surface area contributed by atoms with Gasteiger partial charge in [0, 0.05) is 16.7 Å². The van der Waals surface area contributed by atoms with E-state index in [1.54, 1.807) is 11.3 Å². The Morgan fingerprint density at radius 1 is 1.11 bits per heavy atom. The van der Waals surface area contributed by atoms with E-state index in [9.17, 15) is 0 Å². The SMILES string of the molecule is Cc1ncsc1CCOc1cccc2ccccc12. The third kappa shape index (κ3) is 2.61. The summed E-state index contributed by atoms with van der Waals surface area (Å²) in [7, 11) is 0. The first-order valence-corrected chi connectivity index (χ1v) is 7.22. The number of hydrogen-bond donors (Lipinski definition) is 0. The third-order valence-corrected chi connectivity index (χ3v) is 4.18. The lowest BCUT2D eigenvalue weighted by Gasteiger charge is -2.08. The lowest BCUT2D eigenvalue weighted by atomic mass is 10.1. The van der Waals surface area contributed by atoms with Crippen LogP contribution >= 0.6 is 11.3 Å². The van der Waals surface area contributed by atoms with E-state index in [0.717, 1.165) is 17.9 Å². The predicted octanol–water partition coefficient (Wildman–Crippen LogP) is 4.23. The average molecular weight is 269 g/mol. The summed E-state index contributed by atoms with van der Waals surface area (Å²) in [6.45, 7) is 2.74. The maximum absolute atomic E-state index is 5.93. The minimum absolute atomic E-state index is 0.692. The van der Waals surface area contributed by atoms with Crippen LogP contribution in [0.5, 0.6) is 5.75 Å². The van der Waals surface area contributed by atoms with Gasteiger partial charge in [0.1, 0.15) is 5.75 Å². The Kier molecular flexibility index (Phi) is 3.47. The molecule has 0 spiro atoms. The number of benzene rings is 2. The zero-order chi connectivity index (χ0) is 13.1. The largest absolute Gasteiger partial charge is 0.493 e. The zero-order valence-corrected chi connectivity index (χ0v) is 11.6. The number of ether oxygens (including phenoxy) is 1. The minimum Gasteiger partial charge on any atom is -0.493 e. The van der Waals surface area contributed by atoms with Crippen LogP contribution < -0.4 is 4.74 Å². The number of aromatic nitrogens is 1. The second-order valence-corrected chi connectivity index (χ2v) is 5.38. The summed E-state index contributed by atoms with van der Waals surface area (Å²) in [4.78, 5) is 5.56. The van der Waals surface area contributed by atoms with Crippen molar-refractivity contribution in [3.63, 3.8) is 0 Å². The molecule has 3 rings (SSSR count). The zero-order valence-electron chi connectivity index (χ0n) is 10.8. The highest BCUT2D eigenvalue weighted by atomic mass is 32.1. The van der Waals surface area contributed by atoms with Crippen molar-refractivity contribution in [1.82, 2.24) is 4.98 Å². The van der Waals surface area contributed by atoms with Gasteiger partial charge in [0.05, 0.1) is 17.8 Å². The molecular formula is C16H15NOS. The van der Waals surface area contributed by atoms with E-state index in [0.29, 0.717) is 6.61 Å². The molecule has 2 nitrogen and oxygen atoms in total. The number of rotatable bonds is 4. The highest BCUT2D eigenvalue weighted by Crippen LogP contribution is 2.25. The molecule has 1 aromatic heterocycles. The van der Waals surface area contributed by atoms with E-state index in [2.05, 4.69) is 23.2 Å². The molecule has 0 aliphatic heterocycles. The number of thiazole rings is 1. The van der Waals surface area contributed by atoms with E-state index in [1.807, 2.05) is 36.7 Å². The van der Waals surface area contributed by atoms with Crippen LogP contribution in [0.25, 0.3) is 10.8 Å². The summed E-state index contributed by atoms with van der Waals surface area (Å²) < 4.78 is 5.93. The number of nitrogens with zero attached hydrogens (tertiary/aromatic N) is 1. The van der Waals surface area contributed by atoms with Crippen molar-refractivity contribution in [2.75, 3.05) is 6.61 Å². The molecule has 0 radical (unpaired) electrons. The lowest BCUT2D eigenvalue weighted by molar-refractivity contribution is 0.326. The summed E-state index contributed by atoms with van der Waals surface area (Å²) in [6, 6.07) is 14.5. The first-order chi connectivity index (χ1) is 9.34. The van der Waals surface area contributed by atoms with Crippen molar-refractivity contribution in [3.8, 4) is 5.75 Å². The topological polar surface area (TPSA) is 22.1 Å². The molecule has 0 aliphatic rings.